The van der Waals surface area contributed by atoms with E-state index >= 15 is 0 Å². The third-order valence-electron chi connectivity index (χ3n) is 3.73. The predicted octanol–water partition coefficient (Wildman–Crippen LogP) is 2.19. The second-order valence-corrected chi connectivity index (χ2v) is 5.87. The van der Waals surface area contributed by atoms with Crippen molar-refractivity contribution in [3.8, 4) is 0 Å². The molecule has 2 heterocycles. The number of piperidine rings is 1. The number of fused-ring (bicyclic) bond motifs is 1. The van der Waals surface area contributed by atoms with Crippen LogP contribution in [0.15, 0.2) is 0 Å². The largest absolute Gasteiger partial charge is 0.377 e. The molecule has 3 atom stereocenters. The summed E-state index contributed by atoms with van der Waals surface area (Å²) in [6, 6.07) is 0.672. The summed E-state index contributed by atoms with van der Waals surface area (Å²) in [5.74, 6) is 0.814. The zero-order valence-corrected chi connectivity index (χ0v) is 9.68. The molecule has 2 rings (SSSR count). The Labute approximate surface area is 87.4 Å². The lowest BCUT2D eigenvalue weighted by molar-refractivity contribution is -0.0553. The van der Waals surface area contributed by atoms with Crippen LogP contribution in [0.1, 0.15) is 40.0 Å². The highest BCUT2D eigenvalue weighted by Crippen LogP contribution is 2.34. The molecule has 0 aromatic rings. The van der Waals surface area contributed by atoms with Crippen LogP contribution in [0.2, 0.25) is 0 Å². The van der Waals surface area contributed by atoms with Crippen LogP contribution in [0.5, 0.6) is 0 Å². The van der Waals surface area contributed by atoms with E-state index < -0.39 is 0 Å². The number of hydrogen-bond donors (Lipinski definition) is 1. The Morgan fingerprint density at radius 2 is 2.07 bits per heavy atom. The first-order chi connectivity index (χ1) is 6.57. The van der Waals surface area contributed by atoms with E-state index in [2.05, 4.69) is 26.1 Å². The quantitative estimate of drug-likeness (QED) is 0.643. The van der Waals surface area contributed by atoms with Crippen LogP contribution in [0, 0.1) is 11.3 Å². The summed E-state index contributed by atoms with van der Waals surface area (Å²) in [6.45, 7) is 9.02. The van der Waals surface area contributed by atoms with Crippen LogP contribution in [-0.4, -0.2) is 25.3 Å². The summed E-state index contributed by atoms with van der Waals surface area (Å²) in [4.78, 5) is 0. The van der Waals surface area contributed by atoms with Gasteiger partial charge in [0.15, 0.2) is 0 Å². The third-order valence-corrected chi connectivity index (χ3v) is 3.73. The normalized spacial score (nSPS) is 39.2. The lowest BCUT2D eigenvalue weighted by Gasteiger charge is -2.44. The van der Waals surface area contributed by atoms with Gasteiger partial charge in [0.1, 0.15) is 0 Å². The van der Waals surface area contributed by atoms with Crippen LogP contribution < -0.4 is 5.32 Å². The van der Waals surface area contributed by atoms with E-state index in [0.717, 1.165) is 19.1 Å². The Kier molecular flexibility index (Phi) is 2.85. The predicted molar refractivity (Wildman–Crippen MR) is 58.3 cm³/mol. The molecule has 2 aliphatic heterocycles. The molecule has 2 aliphatic rings. The summed E-state index contributed by atoms with van der Waals surface area (Å²) in [5, 5.41) is 3.63. The van der Waals surface area contributed by atoms with E-state index in [9.17, 15) is 0 Å². The minimum Gasteiger partial charge on any atom is -0.377 e. The Bertz CT molecular complexity index is 197. The fourth-order valence-electron chi connectivity index (χ4n) is 2.70. The van der Waals surface area contributed by atoms with Crippen LogP contribution in [-0.2, 0) is 4.74 Å². The molecule has 0 radical (unpaired) electrons. The molecule has 2 saturated heterocycles. The smallest absolute Gasteiger partial charge is 0.0728 e. The van der Waals surface area contributed by atoms with E-state index in [4.69, 9.17) is 4.74 Å². The maximum absolute atomic E-state index is 5.78. The Morgan fingerprint density at radius 3 is 2.79 bits per heavy atom. The Morgan fingerprint density at radius 1 is 1.29 bits per heavy atom. The monoisotopic (exact) mass is 197 g/mol. The first-order valence-corrected chi connectivity index (χ1v) is 5.92. The number of hydrogen-bond acceptors (Lipinski definition) is 2. The Balaban J connectivity index is 1.96. The van der Waals surface area contributed by atoms with Crippen molar-refractivity contribution in [2.75, 3.05) is 13.2 Å². The van der Waals surface area contributed by atoms with Gasteiger partial charge >= 0.3 is 0 Å². The van der Waals surface area contributed by atoms with Gasteiger partial charge in [0.05, 0.1) is 6.10 Å². The highest BCUT2D eigenvalue weighted by molar-refractivity contribution is 4.92. The van der Waals surface area contributed by atoms with Crippen LogP contribution >= 0.6 is 0 Å². The van der Waals surface area contributed by atoms with Gasteiger partial charge in [-0.2, -0.15) is 0 Å². The molecule has 2 fully saturated rings. The van der Waals surface area contributed by atoms with Gasteiger partial charge in [-0.15, -0.1) is 0 Å². The second-order valence-electron chi connectivity index (χ2n) is 5.87. The first-order valence-electron chi connectivity index (χ1n) is 5.92. The van der Waals surface area contributed by atoms with Gasteiger partial charge in [-0.25, -0.2) is 0 Å². The number of nitrogens with one attached hydrogen (secondary N) is 1. The average molecular weight is 197 g/mol. The maximum Gasteiger partial charge on any atom is 0.0728 e. The van der Waals surface area contributed by atoms with Crippen molar-refractivity contribution in [1.29, 1.82) is 0 Å². The third kappa shape index (κ3) is 2.12. The minimum absolute atomic E-state index is 0.391. The van der Waals surface area contributed by atoms with E-state index in [1.54, 1.807) is 0 Å². The summed E-state index contributed by atoms with van der Waals surface area (Å²) in [5.41, 5.74) is 0.391. The number of rotatable bonds is 0. The van der Waals surface area contributed by atoms with Gasteiger partial charge in [-0.1, -0.05) is 20.8 Å². The highest BCUT2D eigenvalue weighted by atomic mass is 16.5. The lowest BCUT2D eigenvalue weighted by Crippen LogP contribution is -2.54. The molecule has 3 unspecified atom stereocenters. The van der Waals surface area contributed by atoms with Gasteiger partial charge in [0, 0.05) is 19.2 Å². The van der Waals surface area contributed by atoms with Gasteiger partial charge in [0.2, 0.25) is 0 Å². The molecular formula is C12H23NO. The van der Waals surface area contributed by atoms with Crippen LogP contribution in [0.3, 0.4) is 0 Å². The van der Waals surface area contributed by atoms with Crippen molar-refractivity contribution in [2.45, 2.75) is 52.2 Å². The molecule has 14 heavy (non-hydrogen) atoms. The molecule has 0 amide bonds. The van der Waals surface area contributed by atoms with Crippen molar-refractivity contribution in [3.05, 3.63) is 0 Å². The van der Waals surface area contributed by atoms with Crippen molar-refractivity contribution >= 4 is 0 Å². The van der Waals surface area contributed by atoms with Gasteiger partial charge in [-0.05, 0) is 30.6 Å². The van der Waals surface area contributed by atoms with E-state index in [-0.39, 0.29) is 0 Å². The van der Waals surface area contributed by atoms with Gasteiger partial charge in [-0.3, -0.25) is 0 Å². The summed E-state index contributed by atoms with van der Waals surface area (Å²) in [6.07, 6.45) is 4.44. The van der Waals surface area contributed by atoms with Crippen molar-refractivity contribution < 1.29 is 4.74 Å². The highest BCUT2D eigenvalue weighted by Gasteiger charge is 2.37. The molecule has 0 saturated carbocycles. The average Bonchev–Trinajstić information content (AvgIpc) is 2.16. The van der Waals surface area contributed by atoms with Crippen molar-refractivity contribution in [2.24, 2.45) is 11.3 Å². The molecule has 82 valence electrons. The molecule has 0 aromatic carbocycles. The topological polar surface area (TPSA) is 21.3 Å². The fraction of sp³-hybridized carbons (Fsp3) is 1.00. The van der Waals surface area contributed by atoms with Gasteiger partial charge in [0.25, 0.3) is 0 Å². The molecule has 0 aromatic heterocycles. The van der Waals surface area contributed by atoms with Crippen molar-refractivity contribution in [3.63, 3.8) is 0 Å². The Hall–Kier alpha value is -0.0800. The van der Waals surface area contributed by atoms with Crippen molar-refractivity contribution in [1.82, 2.24) is 5.32 Å². The maximum atomic E-state index is 5.78. The van der Waals surface area contributed by atoms with Crippen LogP contribution in [0.25, 0.3) is 0 Å². The molecule has 0 bridgehead atoms. The lowest BCUT2D eigenvalue weighted by atomic mass is 9.75. The molecule has 0 spiro atoms. The molecule has 0 aliphatic carbocycles. The van der Waals surface area contributed by atoms with E-state index in [0.29, 0.717) is 17.6 Å². The summed E-state index contributed by atoms with van der Waals surface area (Å²) < 4.78 is 5.78. The first kappa shape index (κ1) is 10.4. The summed E-state index contributed by atoms with van der Waals surface area (Å²) in [7, 11) is 0. The zero-order valence-electron chi connectivity index (χ0n) is 9.68. The molecule has 2 nitrogen and oxygen atoms in total. The van der Waals surface area contributed by atoms with E-state index in [1.807, 2.05) is 0 Å². The molecule has 2 heteroatoms. The van der Waals surface area contributed by atoms with Crippen LogP contribution in [0.4, 0.5) is 0 Å². The SMILES string of the molecule is CC(C)(C)C1CC2CCCOC2CN1. The van der Waals surface area contributed by atoms with E-state index in [1.165, 1.54) is 19.3 Å². The number of ether oxygens (including phenoxy) is 1. The van der Waals surface area contributed by atoms with Gasteiger partial charge < -0.3 is 10.1 Å². The second kappa shape index (κ2) is 3.82. The molecule has 1 N–H and O–H groups in total. The standard InChI is InChI=1S/C12H23NO/c1-12(2,3)11-7-9-5-4-6-14-10(9)8-13-11/h9-11,13H,4-8H2,1-3H3. The minimum atomic E-state index is 0.391. The summed E-state index contributed by atoms with van der Waals surface area (Å²) >= 11 is 0. The zero-order chi connectivity index (χ0) is 10.2. The molecular weight excluding hydrogens is 174 g/mol. The fourth-order valence-corrected chi connectivity index (χ4v) is 2.70.